The lowest BCUT2D eigenvalue weighted by molar-refractivity contribution is -0.118. The number of aromatic nitrogens is 2. The van der Waals surface area contributed by atoms with Crippen LogP contribution in [-0.4, -0.2) is 15.9 Å². The first-order chi connectivity index (χ1) is 14.2. The zero-order valence-electron chi connectivity index (χ0n) is 15.3. The molecule has 140 valence electrons. The van der Waals surface area contributed by atoms with E-state index < -0.39 is 5.41 Å². The first-order valence-corrected chi connectivity index (χ1v) is 10.2. The Balaban J connectivity index is 1.79. The number of amides is 1. The molecular formula is C24H16BrN3O. The summed E-state index contributed by atoms with van der Waals surface area (Å²) >= 11 is 3.54. The van der Waals surface area contributed by atoms with Gasteiger partial charge in [-0.25, -0.2) is 0 Å². The highest BCUT2D eigenvalue weighted by atomic mass is 79.9. The van der Waals surface area contributed by atoms with Gasteiger partial charge < -0.3 is 15.3 Å². The van der Waals surface area contributed by atoms with Crippen LogP contribution in [0, 0.1) is 0 Å². The quantitative estimate of drug-likeness (QED) is 0.323. The first kappa shape index (κ1) is 16.6. The lowest BCUT2D eigenvalue weighted by atomic mass is 9.70. The first-order valence-electron chi connectivity index (χ1n) is 9.44. The SMILES string of the molecule is O=C1Nc2cc(Br)ccc2C1(c1c[nH]c2ccccc12)c1c[nH]c2ccccc12. The van der Waals surface area contributed by atoms with Gasteiger partial charge in [-0.2, -0.15) is 0 Å². The summed E-state index contributed by atoms with van der Waals surface area (Å²) in [5, 5.41) is 5.23. The van der Waals surface area contributed by atoms with Crippen LogP contribution in [0.15, 0.2) is 83.6 Å². The van der Waals surface area contributed by atoms with Crippen molar-refractivity contribution in [3.05, 3.63) is 100 Å². The molecule has 3 heterocycles. The highest BCUT2D eigenvalue weighted by molar-refractivity contribution is 9.10. The number of rotatable bonds is 2. The van der Waals surface area contributed by atoms with Crippen molar-refractivity contribution in [1.82, 2.24) is 9.97 Å². The number of benzene rings is 3. The number of carbonyl (C=O) groups is 1. The predicted molar refractivity (Wildman–Crippen MR) is 119 cm³/mol. The number of H-pyrrole nitrogens is 2. The van der Waals surface area contributed by atoms with Gasteiger partial charge in [-0.15, -0.1) is 0 Å². The molecule has 0 spiro atoms. The van der Waals surface area contributed by atoms with Crippen LogP contribution < -0.4 is 5.32 Å². The molecule has 1 amide bonds. The van der Waals surface area contributed by atoms with Crippen molar-refractivity contribution < 1.29 is 4.79 Å². The summed E-state index contributed by atoms with van der Waals surface area (Å²) in [7, 11) is 0. The van der Waals surface area contributed by atoms with Crippen LogP contribution in [-0.2, 0) is 10.2 Å². The number of hydrogen-bond acceptors (Lipinski definition) is 1. The molecular weight excluding hydrogens is 426 g/mol. The lowest BCUT2D eigenvalue weighted by Gasteiger charge is -2.27. The van der Waals surface area contributed by atoms with E-state index in [9.17, 15) is 4.79 Å². The highest BCUT2D eigenvalue weighted by Crippen LogP contribution is 2.51. The second kappa shape index (κ2) is 5.84. The molecule has 1 aliphatic rings. The Kier molecular flexibility index (Phi) is 3.35. The number of hydrogen-bond donors (Lipinski definition) is 3. The standard InChI is InChI=1S/C24H16BrN3O/c25-14-9-10-17-22(11-14)28-23(29)24(17,18-12-26-20-7-3-1-5-15(18)20)19-13-27-21-8-4-2-6-16(19)21/h1-13,26-27H,(H,28,29). The maximum atomic E-state index is 13.8. The molecule has 4 nitrogen and oxygen atoms in total. The molecule has 0 saturated carbocycles. The van der Waals surface area contributed by atoms with Crippen LogP contribution >= 0.6 is 15.9 Å². The highest BCUT2D eigenvalue weighted by Gasteiger charge is 2.52. The van der Waals surface area contributed by atoms with E-state index in [0.29, 0.717) is 0 Å². The van der Waals surface area contributed by atoms with E-state index in [2.05, 4.69) is 43.3 Å². The monoisotopic (exact) mass is 441 g/mol. The summed E-state index contributed by atoms with van der Waals surface area (Å²) in [5.74, 6) is -0.0416. The average Bonchev–Trinajstić information content (AvgIpc) is 3.42. The fourth-order valence-electron chi connectivity index (χ4n) is 4.73. The molecule has 5 heteroatoms. The molecule has 2 aromatic heterocycles. The second-order valence-electron chi connectivity index (χ2n) is 7.39. The van der Waals surface area contributed by atoms with Gasteiger partial charge in [-0.3, -0.25) is 4.79 Å². The molecule has 0 fully saturated rings. The minimum absolute atomic E-state index is 0.0416. The van der Waals surface area contributed by atoms with Crippen LogP contribution in [0.2, 0.25) is 0 Å². The van der Waals surface area contributed by atoms with Gasteiger partial charge in [-0.05, 0) is 24.3 Å². The Bertz CT molecular complexity index is 1350. The molecule has 5 aromatic rings. The van der Waals surface area contributed by atoms with Gasteiger partial charge >= 0.3 is 0 Å². The van der Waals surface area contributed by atoms with Gasteiger partial charge in [0.1, 0.15) is 5.41 Å². The Hall–Kier alpha value is -3.31. The molecule has 0 atom stereocenters. The zero-order valence-corrected chi connectivity index (χ0v) is 16.9. The van der Waals surface area contributed by atoms with Crippen molar-refractivity contribution in [1.29, 1.82) is 0 Å². The largest absolute Gasteiger partial charge is 0.361 e. The molecule has 1 aliphatic heterocycles. The summed E-state index contributed by atoms with van der Waals surface area (Å²) in [6, 6.07) is 22.3. The molecule has 0 saturated heterocycles. The van der Waals surface area contributed by atoms with Crippen LogP contribution in [0.4, 0.5) is 5.69 Å². The van der Waals surface area contributed by atoms with Gasteiger partial charge in [0.2, 0.25) is 5.91 Å². The smallest absolute Gasteiger partial charge is 0.244 e. The molecule has 6 rings (SSSR count). The normalized spacial score (nSPS) is 15.0. The van der Waals surface area contributed by atoms with E-state index in [-0.39, 0.29) is 5.91 Å². The maximum absolute atomic E-state index is 13.8. The number of anilines is 1. The summed E-state index contributed by atoms with van der Waals surface area (Å²) in [4.78, 5) is 20.5. The van der Waals surface area contributed by atoms with Gasteiger partial charge in [0.05, 0.1) is 0 Å². The minimum atomic E-state index is -0.949. The van der Waals surface area contributed by atoms with Crippen LogP contribution in [0.25, 0.3) is 21.8 Å². The Morgan fingerprint density at radius 2 is 1.31 bits per heavy atom. The Labute approximate surface area is 175 Å². The Morgan fingerprint density at radius 1 is 0.724 bits per heavy atom. The lowest BCUT2D eigenvalue weighted by Crippen LogP contribution is -2.36. The van der Waals surface area contributed by atoms with Gasteiger partial charge in [-0.1, -0.05) is 58.4 Å². The fourth-order valence-corrected chi connectivity index (χ4v) is 5.09. The summed E-state index contributed by atoms with van der Waals surface area (Å²) in [6.07, 6.45) is 3.95. The molecule has 0 radical (unpaired) electrons. The molecule has 0 aliphatic carbocycles. The minimum Gasteiger partial charge on any atom is -0.361 e. The molecule has 0 unspecified atom stereocenters. The summed E-state index contributed by atoms with van der Waals surface area (Å²) in [5.41, 5.74) is 4.78. The van der Waals surface area contributed by atoms with Crippen molar-refractivity contribution in [2.24, 2.45) is 0 Å². The predicted octanol–water partition coefficient (Wildman–Crippen LogP) is 5.70. The van der Waals surface area contributed by atoms with E-state index in [1.807, 2.05) is 67.0 Å². The maximum Gasteiger partial charge on any atom is 0.244 e. The third-order valence-electron chi connectivity index (χ3n) is 5.96. The molecule has 29 heavy (non-hydrogen) atoms. The fraction of sp³-hybridized carbons (Fsp3) is 0.0417. The van der Waals surface area contributed by atoms with Crippen molar-refractivity contribution >= 4 is 49.3 Å². The molecule has 3 aromatic carbocycles. The van der Waals surface area contributed by atoms with Crippen LogP contribution in [0.3, 0.4) is 0 Å². The van der Waals surface area contributed by atoms with Crippen molar-refractivity contribution in [2.75, 3.05) is 5.32 Å². The summed E-state index contributed by atoms with van der Waals surface area (Å²) < 4.78 is 0.935. The number of para-hydroxylation sites is 2. The van der Waals surface area contributed by atoms with Crippen molar-refractivity contribution in [3.8, 4) is 0 Å². The van der Waals surface area contributed by atoms with Gasteiger partial charge in [0.25, 0.3) is 0 Å². The number of fused-ring (bicyclic) bond motifs is 3. The van der Waals surface area contributed by atoms with E-state index >= 15 is 0 Å². The van der Waals surface area contributed by atoms with Crippen molar-refractivity contribution in [3.63, 3.8) is 0 Å². The van der Waals surface area contributed by atoms with Gasteiger partial charge in [0.15, 0.2) is 0 Å². The van der Waals surface area contributed by atoms with Crippen LogP contribution in [0.5, 0.6) is 0 Å². The Morgan fingerprint density at radius 3 is 1.93 bits per heavy atom. The zero-order chi connectivity index (χ0) is 19.6. The van der Waals surface area contributed by atoms with E-state index in [4.69, 9.17) is 0 Å². The molecule has 0 bridgehead atoms. The third-order valence-corrected chi connectivity index (χ3v) is 6.45. The van der Waals surface area contributed by atoms with E-state index in [1.165, 1.54) is 0 Å². The van der Waals surface area contributed by atoms with E-state index in [1.54, 1.807) is 0 Å². The van der Waals surface area contributed by atoms with Gasteiger partial charge in [0, 0.05) is 61.0 Å². The van der Waals surface area contributed by atoms with Crippen LogP contribution in [0.1, 0.15) is 16.7 Å². The molecule has 3 N–H and O–H groups in total. The number of carbonyl (C=O) groups excluding carboxylic acids is 1. The average molecular weight is 442 g/mol. The van der Waals surface area contributed by atoms with Crippen molar-refractivity contribution in [2.45, 2.75) is 5.41 Å². The number of halogens is 1. The third kappa shape index (κ3) is 2.11. The summed E-state index contributed by atoms with van der Waals surface area (Å²) in [6.45, 7) is 0. The number of aromatic amines is 2. The number of nitrogens with one attached hydrogen (secondary N) is 3. The van der Waals surface area contributed by atoms with E-state index in [0.717, 1.165) is 48.7 Å². The second-order valence-corrected chi connectivity index (χ2v) is 8.31. The topological polar surface area (TPSA) is 60.7 Å².